The second-order valence-electron chi connectivity index (χ2n) is 6.20. The zero-order valence-corrected chi connectivity index (χ0v) is 14.0. The van der Waals surface area contributed by atoms with Crippen LogP contribution in [0.25, 0.3) is 0 Å². The number of ether oxygens (including phenoxy) is 1. The van der Waals surface area contributed by atoms with Crippen molar-refractivity contribution in [1.82, 2.24) is 9.55 Å². The SMILES string of the molecule is Cc1cc(O)c(C2OC(=O)c3ccccc32)c(=O)n1Cc1ccncc1. The monoisotopic (exact) mass is 348 g/mol. The number of aromatic nitrogens is 2. The maximum Gasteiger partial charge on any atom is 0.339 e. The molecular weight excluding hydrogens is 332 g/mol. The van der Waals surface area contributed by atoms with Crippen molar-refractivity contribution in [2.24, 2.45) is 0 Å². The van der Waals surface area contributed by atoms with Gasteiger partial charge in [0.2, 0.25) is 0 Å². The minimum absolute atomic E-state index is 0.0722. The lowest BCUT2D eigenvalue weighted by Crippen LogP contribution is -2.28. The Balaban J connectivity index is 1.85. The summed E-state index contributed by atoms with van der Waals surface area (Å²) >= 11 is 0. The number of pyridine rings is 2. The first-order valence-electron chi connectivity index (χ1n) is 8.18. The highest BCUT2D eigenvalue weighted by Crippen LogP contribution is 2.37. The van der Waals surface area contributed by atoms with Gasteiger partial charge in [0, 0.05) is 23.7 Å². The quantitative estimate of drug-likeness (QED) is 0.736. The van der Waals surface area contributed by atoms with Gasteiger partial charge in [-0.15, -0.1) is 0 Å². The van der Waals surface area contributed by atoms with E-state index < -0.39 is 12.1 Å². The van der Waals surface area contributed by atoms with Crippen LogP contribution in [0.5, 0.6) is 5.75 Å². The summed E-state index contributed by atoms with van der Waals surface area (Å²) in [6, 6.07) is 12.1. The first kappa shape index (κ1) is 16.1. The molecule has 0 saturated carbocycles. The summed E-state index contributed by atoms with van der Waals surface area (Å²) in [5.41, 5.74) is 2.22. The number of esters is 1. The Kier molecular flexibility index (Phi) is 3.80. The Bertz CT molecular complexity index is 1060. The maximum atomic E-state index is 13.1. The molecule has 4 rings (SSSR count). The standard InChI is InChI=1S/C20H16N2O4/c1-12-10-16(23)17(18-14-4-2-3-5-15(14)20(25)26-18)19(24)22(12)11-13-6-8-21-9-7-13/h2-10,18,23H,11H2,1H3. The molecule has 1 N–H and O–H groups in total. The van der Waals surface area contributed by atoms with Gasteiger partial charge in [-0.05, 0) is 36.8 Å². The van der Waals surface area contributed by atoms with Crippen LogP contribution in [-0.2, 0) is 11.3 Å². The van der Waals surface area contributed by atoms with E-state index in [-0.39, 0.29) is 16.9 Å². The first-order valence-corrected chi connectivity index (χ1v) is 8.18. The molecule has 1 aliphatic heterocycles. The van der Waals surface area contributed by atoms with E-state index in [0.29, 0.717) is 23.4 Å². The summed E-state index contributed by atoms with van der Waals surface area (Å²) in [7, 11) is 0. The van der Waals surface area contributed by atoms with Crippen molar-refractivity contribution in [2.45, 2.75) is 19.6 Å². The third kappa shape index (κ3) is 2.56. The van der Waals surface area contributed by atoms with E-state index in [1.165, 1.54) is 6.07 Å². The highest BCUT2D eigenvalue weighted by atomic mass is 16.5. The number of nitrogens with zero attached hydrogens (tertiary/aromatic N) is 2. The molecule has 0 radical (unpaired) electrons. The number of cyclic esters (lactones) is 1. The van der Waals surface area contributed by atoms with Gasteiger partial charge in [-0.3, -0.25) is 9.78 Å². The van der Waals surface area contributed by atoms with Crippen molar-refractivity contribution in [3.05, 3.63) is 93.2 Å². The number of aromatic hydroxyl groups is 1. The van der Waals surface area contributed by atoms with Crippen LogP contribution in [0.2, 0.25) is 0 Å². The lowest BCUT2D eigenvalue weighted by atomic mass is 9.99. The summed E-state index contributed by atoms with van der Waals surface area (Å²) in [5.74, 6) is -0.668. The van der Waals surface area contributed by atoms with Crippen LogP contribution in [0.1, 0.15) is 38.8 Å². The Morgan fingerprint density at radius 3 is 2.65 bits per heavy atom. The van der Waals surface area contributed by atoms with Crippen LogP contribution in [0.15, 0.2) is 59.7 Å². The smallest absolute Gasteiger partial charge is 0.339 e. The zero-order valence-electron chi connectivity index (χ0n) is 14.0. The van der Waals surface area contributed by atoms with Gasteiger partial charge in [0.05, 0.1) is 12.1 Å². The number of aryl methyl sites for hydroxylation is 1. The Hall–Kier alpha value is -3.41. The van der Waals surface area contributed by atoms with Gasteiger partial charge < -0.3 is 14.4 Å². The lowest BCUT2D eigenvalue weighted by Gasteiger charge is -2.17. The summed E-state index contributed by atoms with van der Waals surface area (Å²) in [5, 5.41) is 10.4. The van der Waals surface area contributed by atoms with Gasteiger partial charge in [-0.2, -0.15) is 0 Å². The molecule has 1 unspecified atom stereocenters. The van der Waals surface area contributed by atoms with Crippen molar-refractivity contribution in [3.63, 3.8) is 0 Å². The molecule has 6 heteroatoms. The molecule has 1 aromatic carbocycles. The fourth-order valence-electron chi connectivity index (χ4n) is 3.24. The Labute approximate surface area is 149 Å². The summed E-state index contributed by atoms with van der Waals surface area (Å²) in [6.07, 6.45) is 2.41. The number of fused-ring (bicyclic) bond motifs is 1. The number of hydrogen-bond donors (Lipinski definition) is 1. The maximum absolute atomic E-state index is 13.1. The third-order valence-electron chi connectivity index (χ3n) is 4.56. The van der Waals surface area contributed by atoms with Gasteiger partial charge in [0.15, 0.2) is 6.10 Å². The topological polar surface area (TPSA) is 81.4 Å². The van der Waals surface area contributed by atoms with Crippen molar-refractivity contribution in [1.29, 1.82) is 0 Å². The second-order valence-corrected chi connectivity index (χ2v) is 6.20. The molecule has 0 spiro atoms. The number of rotatable bonds is 3. The normalized spacial score (nSPS) is 15.6. The molecule has 0 fully saturated rings. The van der Waals surface area contributed by atoms with Gasteiger partial charge in [-0.25, -0.2) is 4.79 Å². The molecule has 26 heavy (non-hydrogen) atoms. The Morgan fingerprint density at radius 1 is 1.15 bits per heavy atom. The number of hydrogen-bond acceptors (Lipinski definition) is 5. The fraction of sp³-hybridized carbons (Fsp3) is 0.150. The summed E-state index contributed by atoms with van der Waals surface area (Å²) < 4.78 is 6.96. The highest BCUT2D eigenvalue weighted by molar-refractivity contribution is 5.94. The van der Waals surface area contributed by atoms with E-state index in [1.54, 1.807) is 48.1 Å². The number of carbonyl (C=O) groups excluding carboxylic acids is 1. The van der Waals surface area contributed by atoms with Crippen LogP contribution in [0, 0.1) is 6.92 Å². The van der Waals surface area contributed by atoms with Gasteiger partial charge in [0.25, 0.3) is 5.56 Å². The van der Waals surface area contributed by atoms with E-state index >= 15 is 0 Å². The molecule has 3 aromatic rings. The van der Waals surface area contributed by atoms with Crippen LogP contribution in [0.3, 0.4) is 0 Å². The summed E-state index contributed by atoms with van der Waals surface area (Å²) in [4.78, 5) is 29.2. The van der Waals surface area contributed by atoms with Gasteiger partial charge in [0.1, 0.15) is 11.3 Å². The number of benzene rings is 1. The van der Waals surface area contributed by atoms with Crippen molar-refractivity contribution in [3.8, 4) is 5.75 Å². The molecular formula is C20H16N2O4. The number of carbonyl (C=O) groups is 1. The predicted molar refractivity (Wildman–Crippen MR) is 94.1 cm³/mol. The molecule has 3 heterocycles. The van der Waals surface area contributed by atoms with E-state index in [2.05, 4.69) is 4.98 Å². The minimum atomic E-state index is -0.907. The van der Waals surface area contributed by atoms with Gasteiger partial charge >= 0.3 is 5.97 Å². The molecule has 1 atom stereocenters. The van der Waals surface area contributed by atoms with E-state index in [0.717, 1.165) is 5.56 Å². The average molecular weight is 348 g/mol. The van der Waals surface area contributed by atoms with E-state index in [1.807, 2.05) is 12.1 Å². The minimum Gasteiger partial charge on any atom is -0.507 e. The largest absolute Gasteiger partial charge is 0.507 e. The fourth-order valence-corrected chi connectivity index (χ4v) is 3.24. The van der Waals surface area contributed by atoms with E-state index in [4.69, 9.17) is 4.74 Å². The molecule has 6 nitrogen and oxygen atoms in total. The summed E-state index contributed by atoms with van der Waals surface area (Å²) in [6.45, 7) is 2.09. The highest BCUT2D eigenvalue weighted by Gasteiger charge is 2.35. The molecule has 0 bridgehead atoms. The van der Waals surface area contributed by atoms with E-state index in [9.17, 15) is 14.7 Å². The molecule has 130 valence electrons. The molecule has 0 saturated heterocycles. The molecule has 2 aromatic heterocycles. The zero-order chi connectivity index (χ0) is 18.3. The van der Waals surface area contributed by atoms with Crippen LogP contribution < -0.4 is 5.56 Å². The van der Waals surface area contributed by atoms with Crippen LogP contribution in [-0.4, -0.2) is 20.6 Å². The molecule has 0 aliphatic carbocycles. The Morgan fingerprint density at radius 2 is 1.88 bits per heavy atom. The predicted octanol–water partition coefficient (Wildman–Crippen LogP) is 2.57. The second kappa shape index (κ2) is 6.15. The van der Waals surface area contributed by atoms with Crippen molar-refractivity contribution < 1.29 is 14.6 Å². The van der Waals surface area contributed by atoms with Crippen molar-refractivity contribution >= 4 is 5.97 Å². The van der Waals surface area contributed by atoms with Gasteiger partial charge in [-0.1, -0.05) is 18.2 Å². The average Bonchev–Trinajstić information content (AvgIpc) is 2.96. The molecule has 1 aliphatic rings. The van der Waals surface area contributed by atoms with Crippen molar-refractivity contribution in [2.75, 3.05) is 0 Å². The van der Waals surface area contributed by atoms with Crippen LogP contribution >= 0.6 is 0 Å². The lowest BCUT2D eigenvalue weighted by molar-refractivity contribution is 0.0450. The van der Waals surface area contributed by atoms with Crippen LogP contribution in [0.4, 0.5) is 0 Å². The molecule has 0 amide bonds. The first-order chi connectivity index (χ1) is 12.6. The third-order valence-corrected chi connectivity index (χ3v) is 4.56.